The molecule has 0 saturated carbocycles. The van der Waals surface area contributed by atoms with Gasteiger partial charge in [0.1, 0.15) is 16.4 Å². The number of fused-ring (bicyclic) bond motifs is 1. The van der Waals surface area contributed by atoms with Crippen LogP contribution in [0.25, 0.3) is 22.0 Å². The number of thiazole rings is 1. The first-order valence-corrected chi connectivity index (χ1v) is 16.5. The molecule has 236 valence electrons. The van der Waals surface area contributed by atoms with E-state index in [1.165, 1.54) is 18.4 Å². The van der Waals surface area contributed by atoms with E-state index < -0.39 is 10.0 Å². The number of ether oxygens (including phenoxy) is 1. The minimum Gasteiger partial charge on any atom is -0.483 e. The third-order valence-corrected chi connectivity index (χ3v) is 8.47. The smallest absolute Gasteiger partial charge is 0.290 e. The summed E-state index contributed by atoms with van der Waals surface area (Å²) in [7, 11) is -2.15. The van der Waals surface area contributed by atoms with Gasteiger partial charge in [0, 0.05) is 54.2 Å². The van der Waals surface area contributed by atoms with Crippen LogP contribution in [0, 0.1) is 0 Å². The molecule has 1 atom stereocenters. The Hall–Kier alpha value is -4.12. The molecule has 5 rings (SSSR count). The average Bonchev–Trinajstić information content (AvgIpc) is 3.62. The van der Waals surface area contributed by atoms with Gasteiger partial charge >= 0.3 is 0 Å². The summed E-state index contributed by atoms with van der Waals surface area (Å²) in [5.74, 6) is -0.177. The van der Waals surface area contributed by atoms with Crippen LogP contribution in [0.1, 0.15) is 36.3 Å². The largest absolute Gasteiger partial charge is 0.483 e. The summed E-state index contributed by atoms with van der Waals surface area (Å²) in [6.07, 6.45) is 4.27. The topological polar surface area (TPSA) is 183 Å². The number of nitrogens with zero attached hydrogens (tertiary/aromatic N) is 5. The number of benzene rings is 1. The number of aromatic nitrogens is 4. The molecule has 44 heavy (non-hydrogen) atoms. The minimum absolute atomic E-state index is 0.144. The van der Waals surface area contributed by atoms with Gasteiger partial charge in [-0.3, -0.25) is 29.2 Å². The first-order chi connectivity index (χ1) is 20.9. The number of hydrogen-bond donors (Lipinski definition) is 4. The van der Waals surface area contributed by atoms with Gasteiger partial charge in [-0.15, -0.1) is 11.3 Å². The van der Waals surface area contributed by atoms with Crippen LogP contribution in [-0.2, 0) is 21.4 Å². The maximum Gasteiger partial charge on any atom is 0.290 e. The van der Waals surface area contributed by atoms with Crippen molar-refractivity contribution in [2.75, 3.05) is 43.0 Å². The normalized spacial score (nSPS) is 15.9. The van der Waals surface area contributed by atoms with Crippen LogP contribution in [0.5, 0.6) is 5.88 Å². The van der Waals surface area contributed by atoms with Gasteiger partial charge in [-0.25, -0.2) is 18.4 Å². The standard InChI is InChI=1S/C27H34N8O4S2.CH2O2/c1-16(2)35-7-6-34(13-17(35)3)14-25-30-24(15-40-25)26(36)31-21-8-18(9-22-20(21)12-29-32-22)19-10-23(33-41(5,37)38)27(39-4)28-11-19;2-1-3/h8-12,15-17,33H,6-7,13-14H2,1-5H3,(H,29,32)(H,31,36);1H,(H,2,3). The Morgan fingerprint density at radius 3 is 2.61 bits per heavy atom. The second-order valence-corrected chi connectivity index (χ2v) is 13.3. The van der Waals surface area contributed by atoms with Crippen LogP contribution < -0.4 is 14.8 Å². The third kappa shape index (κ3) is 8.07. The van der Waals surface area contributed by atoms with E-state index in [9.17, 15) is 13.2 Å². The lowest BCUT2D eigenvalue weighted by Gasteiger charge is -2.41. The van der Waals surface area contributed by atoms with Crippen molar-refractivity contribution in [2.24, 2.45) is 0 Å². The first kappa shape index (κ1) is 32.8. The number of piperazine rings is 1. The summed E-state index contributed by atoms with van der Waals surface area (Å²) >= 11 is 1.48. The molecule has 0 bridgehead atoms. The van der Waals surface area contributed by atoms with E-state index >= 15 is 0 Å². The minimum atomic E-state index is -3.56. The maximum atomic E-state index is 13.3. The second kappa shape index (κ2) is 14.1. The number of anilines is 2. The van der Waals surface area contributed by atoms with Crippen molar-refractivity contribution in [2.45, 2.75) is 39.4 Å². The fourth-order valence-electron chi connectivity index (χ4n) is 5.19. The molecule has 0 aliphatic carbocycles. The molecule has 3 aromatic heterocycles. The van der Waals surface area contributed by atoms with Gasteiger partial charge < -0.3 is 15.2 Å². The summed E-state index contributed by atoms with van der Waals surface area (Å²) in [4.78, 5) is 35.4. The third-order valence-electron chi connectivity index (χ3n) is 7.05. The highest BCUT2D eigenvalue weighted by atomic mass is 32.2. The number of carboxylic acid groups (broad SMARTS) is 1. The van der Waals surface area contributed by atoms with Gasteiger partial charge in [0.15, 0.2) is 0 Å². The van der Waals surface area contributed by atoms with E-state index in [0.717, 1.165) is 36.3 Å². The van der Waals surface area contributed by atoms with Crippen LogP contribution in [0.3, 0.4) is 0 Å². The van der Waals surface area contributed by atoms with Gasteiger partial charge in [-0.2, -0.15) is 5.10 Å². The number of sulfonamides is 1. The van der Waals surface area contributed by atoms with E-state index in [4.69, 9.17) is 14.6 Å². The molecule has 1 amide bonds. The predicted octanol–water partition coefficient (Wildman–Crippen LogP) is 3.33. The SMILES string of the molecule is COc1ncc(-c2cc(NC(=O)c3csc(CN4CCN(C(C)C)C(C)C4)n3)c3cn[nH]c3c2)cc1NS(C)(=O)=O.O=CO. The van der Waals surface area contributed by atoms with Crippen molar-refractivity contribution in [1.82, 2.24) is 30.0 Å². The molecular formula is C28H36N8O6S2. The van der Waals surface area contributed by atoms with E-state index in [1.54, 1.807) is 29.9 Å². The number of carbonyl (C=O) groups excluding carboxylic acids is 1. The highest BCUT2D eigenvalue weighted by Crippen LogP contribution is 2.34. The van der Waals surface area contributed by atoms with E-state index in [0.29, 0.717) is 46.7 Å². The maximum absolute atomic E-state index is 13.3. The van der Waals surface area contributed by atoms with Crippen molar-refractivity contribution in [3.8, 4) is 17.0 Å². The molecule has 16 heteroatoms. The lowest BCUT2D eigenvalue weighted by Crippen LogP contribution is -2.53. The van der Waals surface area contributed by atoms with Gasteiger partial charge in [0.2, 0.25) is 15.9 Å². The average molecular weight is 645 g/mol. The molecule has 1 unspecified atom stereocenters. The fourth-order valence-corrected chi connectivity index (χ4v) is 6.55. The van der Waals surface area contributed by atoms with Crippen molar-refractivity contribution in [1.29, 1.82) is 0 Å². The Morgan fingerprint density at radius 2 is 1.95 bits per heavy atom. The predicted molar refractivity (Wildman–Crippen MR) is 170 cm³/mol. The number of nitrogens with one attached hydrogen (secondary N) is 3. The summed E-state index contributed by atoms with van der Waals surface area (Å²) in [5.41, 5.74) is 3.10. The van der Waals surface area contributed by atoms with Crippen molar-refractivity contribution in [3.63, 3.8) is 0 Å². The Kier molecular flexibility index (Phi) is 10.5. The molecular weight excluding hydrogens is 608 g/mol. The number of aromatic amines is 1. The molecule has 4 heterocycles. The molecule has 4 N–H and O–H groups in total. The number of hydrogen-bond acceptors (Lipinski definition) is 11. The van der Waals surface area contributed by atoms with Crippen molar-refractivity contribution in [3.05, 3.63) is 46.7 Å². The van der Waals surface area contributed by atoms with E-state index in [-0.39, 0.29) is 23.9 Å². The fraction of sp³-hybridized carbons (Fsp3) is 0.393. The summed E-state index contributed by atoms with van der Waals surface area (Å²) in [6, 6.07) is 6.27. The summed E-state index contributed by atoms with van der Waals surface area (Å²) in [6.45, 7) is 10.1. The molecule has 1 aliphatic heterocycles. The van der Waals surface area contributed by atoms with E-state index in [2.05, 4.69) is 60.8 Å². The number of pyridine rings is 1. The van der Waals surface area contributed by atoms with E-state index in [1.807, 2.05) is 6.07 Å². The zero-order chi connectivity index (χ0) is 32.0. The van der Waals surface area contributed by atoms with Crippen molar-refractivity contribution < 1.29 is 27.9 Å². The zero-order valence-corrected chi connectivity index (χ0v) is 26.7. The van der Waals surface area contributed by atoms with Crippen LogP contribution in [0.15, 0.2) is 36.0 Å². The highest BCUT2D eigenvalue weighted by Gasteiger charge is 2.26. The monoisotopic (exact) mass is 644 g/mol. The molecule has 1 aliphatic rings. The number of methoxy groups -OCH3 is 1. The molecule has 0 spiro atoms. The summed E-state index contributed by atoms with van der Waals surface area (Å²) < 4.78 is 31.4. The van der Waals surface area contributed by atoms with Gasteiger partial charge in [0.25, 0.3) is 12.4 Å². The van der Waals surface area contributed by atoms with Gasteiger partial charge in [0.05, 0.1) is 37.3 Å². The van der Waals surface area contributed by atoms with Crippen molar-refractivity contribution >= 4 is 56.0 Å². The van der Waals surface area contributed by atoms with Crippen LogP contribution >= 0.6 is 11.3 Å². The number of rotatable bonds is 9. The second-order valence-electron chi connectivity index (χ2n) is 10.6. The Labute approximate surface area is 259 Å². The highest BCUT2D eigenvalue weighted by molar-refractivity contribution is 7.92. The quantitative estimate of drug-likeness (QED) is 0.196. The lowest BCUT2D eigenvalue weighted by atomic mass is 10.0. The molecule has 1 fully saturated rings. The molecule has 14 nitrogen and oxygen atoms in total. The Balaban J connectivity index is 0.00000141. The molecule has 1 saturated heterocycles. The number of carbonyl (C=O) groups is 2. The molecule has 4 aromatic rings. The summed E-state index contributed by atoms with van der Waals surface area (Å²) in [5, 5.41) is 20.4. The van der Waals surface area contributed by atoms with Gasteiger partial charge in [-0.1, -0.05) is 0 Å². The first-order valence-electron chi connectivity index (χ1n) is 13.7. The Morgan fingerprint density at radius 1 is 1.23 bits per heavy atom. The van der Waals surface area contributed by atoms with Crippen LogP contribution in [0.4, 0.5) is 11.4 Å². The molecule has 0 radical (unpaired) electrons. The van der Waals surface area contributed by atoms with Crippen LogP contribution in [0.2, 0.25) is 0 Å². The lowest BCUT2D eigenvalue weighted by molar-refractivity contribution is -0.122. The van der Waals surface area contributed by atoms with Crippen LogP contribution in [-0.4, -0.2) is 101 Å². The Bertz CT molecular complexity index is 1720. The zero-order valence-electron chi connectivity index (χ0n) is 25.1. The van der Waals surface area contributed by atoms with Gasteiger partial charge in [-0.05, 0) is 44.5 Å². The number of amides is 1. The number of H-pyrrole nitrogens is 1. The molecule has 1 aromatic carbocycles.